The molecule has 1 amide bonds. The highest BCUT2D eigenvalue weighted by Crippen LogP contribution is 2.42. The third kappa shape index (κ3) is 3.05. The van der Waals surface area contributed by atoms with Gasteiger partial charge in [0.25, 0.3) is 12.3 Å². The fourth-order valence-corrected chi connectivity index (χ4v) is 3.59. The zero-order valence-electron chi connectivity index (χ0n) is 15.1. The number of aromatic nitrogens is 1. The third-order valence-electron chi connectivity index (χ3n) is 4.84. The van der Waals surface area contributed by atoms with E-state index in [1.807, 2.05) is 0 Å². The fourth-order valence-electron chi connectivity index (χ4n) is 3.35. The SMILES string of the molecule is CN1C(=O)C(c2cc(Cl)cc(-c3ccoc3)c2)(c2cncc(C(F)F)c2)N=C1N. The van der Waals surface area contributed by atoms with Gasteiger partial charge in [0.2, 0.25) is 0 Å². The number of aliphatic imine (C=N–C) groups is 1. The number of nitrogens with zero attached hydrogens (tertiary/aromatic N) is 3. The van der Waals surface area contributed by atoms with Gasteiger partial charge in [-0.25, -0.2) is 13.8 Å². The van der Waals surface area contributed by atoms with E-state index in [1.165, 1.54) is 36.7 Å². The summed E-state index contributed by atoms with van der Waals surface area (Å²) in [5.74, 6) is -0.536. The molecule has 1 unspecified atom stereocenters. The fraction of sp³-hybridized carbons (Fsp3) is 0.150. The van der Waals surface area contributed by atoms with Gasteiger partial charge in [-0.3, -0.25) is 14.7 Å². The molecule has 0 aliphatic carbocycles. The lowest BCUT2D eigenvalue weighted by Gasteiger charge is -2.26. The van der Waals surface area contributed by atoms with E-state index in [2.05, 4.69) is 9.98 Å². The van der Waals surface area contributed by atoms with Crippen LogP contribution < -0.4 is 5.73 Å². The second-order valence-corrected chi connectivity index (χ2v) is 7.03. The van der Waals surface area contributed by atoms with Crippen LogP contribution >= 0.6 is 11.6 Å². The molecule has 4 rings (SSSR count). The number of nitrogens with two attached hydrogens (primary N) is 1. The van der Waals surface area contributed by atoms with Gasteiger partial charge in [-0.2, -0.15) is 0 Å². The second-order valence-electron chi connectivity index (χ2n) is 6.59. The molecule has 1 aliphatic rings. The van der Waals surface area contributed by atoms with Gasteiger partial charge < -0.3 is 10.2 Å². The number of carbonyl (C=O) groups is 1. The number of rotatable bonds is 4. The minimum atomic E-state index is -2.75. The average molecular weight is 417 g/mol. The Kier molecular flexibility index (Phi) is 4.58. The largest absolute Gasteiger partial charge is 0.472 e. The Labute approximate surface area is 169 Å². The molecule has 0 bridgehead atoms. The highest BCUT2D eigenvalue weighted by Gasteiger charge is 2.50. The molecule has 3 aromatic rings. The van der Waals surface area contributed by atoms with Crippen LogP contribution in [0.25, 0.3) is 11.1 Å². The lowest BCUT2D eigenvalue weighted by Crippen LogP contribution is -2.41. The lowest BCUT2D eigenvalue weighted by molar-refractivity contribution is -0.129. The van der Waals surface area contributed by atoms with Gasteiger partial charge in [0.05, 0.1) is 12.5 Å². The van der Waals surface area contributed by atoms with E-state index in [-0.39, 0.29) is 17.1 Å². The van der Waals surface area contributed by atoms with Crippen molar-refractivity contribution in [3.05, 3.63) is 77.0 Å². The predicted molar refractivity (Wildman–Crippen MR) is 104 cm³/mol. The summed E-state index contributed by atoms with van der Waals surface area (Å²) in [4.78, 5) is 22.7. The minimum absolute atomic E-state index is 0.0395. The van der Waals surface area contributed by atoms with E-state index in [4.69, 9.17) is 21.8 Å². The third-order valence-corrected chi connectivity index (χ3v) is 5.06. The molecule has 2 N–H and O–H groups in total. The Bertz CT molecular complexity index is 1120. The first-order chi connectivity index (χ1) is 13.8. The summed E-state index contributed by atoms with van der Waals surface area (Å²) in [7, 11) is 1.47. The number of hydrogen-bond donors (Lipinski definition) is 1. The van der Waals surface area contributed by atoms with Crippen molar-refractivity contribution in [1.29, 1.82) is 0 Å². The van der Waals surface area contributed by atoms with Crippen LogP contribution in [0.5, 0.6) is 0 Å². The van der Waals surface area contributed by atoms with Gasteiger partial charge in [0, 0.05) is 41.2 Å². The molecule has 1 aromatic carbocycles. The Morgan fingerprint density at radius 1 is 1.17 bits per heavy atom. The normalized spacial score (nSPS) is 19.1. The number of alkyl halides is 2. The molecule has 0 saturated carbocycles. The van der Waals surface area contributed by atoms with Gasteiger partial charge in [-0.1, -0.05) is 11.6 Å². The van der Waals surface area contributed by atoms with Crippen molar-refractivity contribution in [2.75, 3.05) is 7.05 Å². The van der Waals surface area contributed by atoms with Gasteiger partial charge in [-0.05, 0) is 41.5 Å². The van der Waals surface area contributed by atoms with Crippen molar-refractivity contribution in [1.82, 2.24) is 9.88 Å². The highest BCUT2D eigenvalue weighted by atomic mass is 35.5. The molecule has 1 atom stereocenters. The molecule has 148 valence electrons. The monoisotopic (exact) mass is 416 g/mol. The molecule has 0 saturated heterocycles. The molecule has 6 nitrogen and oxygen atoms in total. The first-order valence-electron chi connectivity index (χ1n) is 8.53. The summed E-state index contributed by atoms with van der Waals surface area (Å²) in [5, 5.41) is 0.340. The lowest BCUT2D eigenvalue weighted by atomic mass is 9.82. The summed E-state index contributed by atoms with van der Waals surface area (Å²) in [5.41, 5.74) is 5.89. The van der Waals surface area contributed by atoms with Crippen LogP contribution in [0, 0.1) is 0 Å². The Morgan fingerprint density at radius 3 is 2.59 bits per heavy atom. The van der Waals surface area contributed by atoms with E-state index < -0.39 is 17.9 Å². The number of benzene rings is 1. The molecule has 0 spiro atoms. The van der Waals surface area contributed by atoms with Crippen molar-refractivity contribution in [2.45, 2.75) is 12.0 Å². The molecule has 29 heavy (non-hydrogen) atoms. The van der Waals surface area contributed by atoms with Gasteiger partial charge in [0.15, 0.2) is 11.5 Å². The number of amides is 1. The molecular weight excluding hydrogens is 402 g/mol. The van der Waals surface area contributed by atoms with E-state index in [9.17, 15) is 13.6 Å². The van der Waals surface area contributed by atoms with Crippen molar-refractivity contribution < 1.29 is 18.0 Å². The maximum absolute atomic E-state index is 13.3. The van der Waals surface area contributed by atoms with E-state index in [0.29, 0.717) is 16.1 Å². The van der Waals surface area contributed by atoms with Gasteiger partial charge in [0.1, 0.15) is 0 Å². The van der Waals surface area contributed by atoms with Crippen LogP contribution in [0.1, 0.15) is 23.1 Å². The quantitative estimate of drug-likeness (QED) is 0.697. The van der Waals surface area contributed by atoms with E-state index >= 15 is 0 Å². The first kappa shape index (κ1) is 19.1. The number of halogens is 3. The number of hydrogen-bond acceptors (Lipinski definition) is 5. The van der Waals surface area contributed by atoms with Crippen LogP contribution in [0.4, 0.5) is 8.78 Å². The average Bonchev–Trinajstić information content (AvgIpc) is 3.32. The minimum Gasteiger partial charge on any atom is -0.472 e. The maximum atomic E-state index is 13.3. The van der Waals surface area contributed by atoms with Gasteiger partial charge >= 0.3 is 0 Å². The smallest absolute Gasteiger partial charge is 0.266 e. The second kappa shape index (κ2) is 6.97. The summed E-state index contributed by atoms with van der Waals surface area (Å²) in [6.45, 7) is 0. The summed E-state index contributed by atoms with van der Waals surface area (Å²) in [6.07, 6.45) is 2.66. The molecule has 1 aliphatic heterocycles. The zero-order valence-corrected chi connectivity index (χ0v) is 15.9. The molecular formula is C20H15ClF2N4O2. The molecule has 9 heteroatoms. The summed E-state index contributed by atoms with van der Waals surface area (Å²) < 4.78 is 31.7. The topological polar surface area (TPSA) is 84.7 Å². The molecule has 0 fully saturated rings. The van der Waals surface area contributed by atoms with Crippen molar-refractivity contribution in [3.63, 3.8) is 0 Å². The summed E-state index contributed by atoms with van der Waals surface area (Å²) in [6, 6.07) is 7.92. The molecule has 3 heterocycles. The van der Waals surface area contributed by atoms with Crippen LogP contribution in [0.3, 0.4) is 0 Å². The van der Waals surface area contributed by atoms with Crippen LogP contribution in [0.15, 0.2) is 64.7 Å². The number of furan rings is 1. The van der Waals surface area contributed by atoms with Crippen LogP contribution in [-0.2, 0) is 10.3 Å². The van der Waals surface area contributed by atoms with Crippen LogP contribution in [0.2, 0.25) is 5.02 Å². The Balaban J connectivity index is 1.99. The molecule has 2 aromatic heterocycles. The number of guanidine groups is 1. The Morgan fingerprint density at radius 2 is 1.97 bits per heavy atom. The van der Waals surface area contributed by atoms with Crippen molar-refractivity contribution in [3.8, 4) is 11.1 Å². The zero-order chi connectivity index (χ0) is 20.8. The van der Waals surface area contributed by atoms with Crippen molar-refractivity contribution >= 4 is 23.5 Å². The maximum Gasteiger partial charge on any atom is 0.266 e. The van der Waals surface area contributed by atoms with E-state index in [0.717, 1.165) is 11.8 Å². The Hall–Kier alpha value is -3.26. The first-order valence-corrected chi connectivity index (χ1v) is 8.91. The number of likely N-dealkylation sites (N-methyl/N-ethyl adjacent to an activating group) is 1. The molecule has 0 radical (unpaired) electrons. The number of carbonyl (C=O) groups excluding carboxylic acids is 1. The standard InChI is InChI=1S/C20H15ClF2N4O2/c1-27-18(28)20(26-19(27)24,15-5-13(17(22)23)8-25-9-15)14-4-12(6-16(21)7-14)11-2-3-29-10-11/h2-10,17H,1H3,(H2,24,26). The highest BCUT2D eigenvalue weighted by molar-refractivity contribution is 6.31. The van der Waals surface area contributed by atoms with Crippen LogP contribution in [-0.4, -0.2) is 28.8 Å². The number of pyridine rings is 1. The summed E-state index contributed by atoms with van der Waals surface area (Å²) >= 11 is 6.33. The van der Waals surface area contributed by atoms with E-state index in [1.54, 1.807) is 24.3 Å². The predicted octanol–water partition coefficient (Wildman–Crippen LogP) is 3.96. The van der Waals surface area contributed by atoms with Gasteiger partial charge in [-0.15, -0.1) is 0 Å². The van der Waals surface area contributed by atoms with Crippen molar-refractivity contribution in [2.24, 2.45) is 10.7 Å².